The zero-order chi connectivity index (χ0) is 22.6. The Morgan fingerprint density at radius 3 is 2.42 bits per heavy atom. The van der Waals surface area contributed by atoms with Crippen LogP contribution in [-0.2, 0) is 14.8 Å². The SMILES string of the molecule is CC(C)CN1CCO[C@@H](CNC(=O)N2CCN(S(=O)(=O)c3c(Cl)cccc3Cl)CC2)C1. The highest BCUT2D eigenvalue weighted by Gasteiger charge is 2.33. The van der Waals surface area contributed by atoms with E-state index in [1.165, 1.54) is 16.4 Å². The molecule has 1 aromatic rings. The molecular formula is C20H30Cl2N4O4S. The molecule has 0 bridgehead atoms. The summed E-state index contributed by atoms with van der Waals surface area (Å²) in [6, 6.07) is 4.39. The molecule has 31 heavy (non-hydrogen) atoms. The van der Waals surface area contributed by atoms with Gasteiger partial charge in [-0.2, -0.15) is 4.31 Å². The van der Waals surface area contributed by atoms with Gasteiger partial charge < -0.3 is 15.0 Å². The van der Waals surface area contributed by atoms with Gasteiger partial charge in [0.05, 0.1) is 22.8 Å². The number of nitrogens with one attached hydrogen (secondary N) is 1. The van der Waals surface area contributed by atoms with Gasteiger partial charge in [0.2, 0.25) is 10.0 Å². The Morgan fingerprint density at radius 1 is 1.16 bits per heavy atom. The molecule has 2 fully saturated rings. The fourth-order valence-electron chi connectivity index (χ4n) is 3.89. The van der Waals surface area contributed by atoms with Crippen LogP contribution in [0.25, 0.3) is 0 Å². The van der Waals surface area contributed by atoms with Crippen molar-refractivity contribution in [2.45, 2.75) is 24.8 Å². The van der Waals surface area contributed by atoms with Gasteiger partial charge in [-0.3, -0.25) is 4.90 Å². The molecule has 1 aromatic carbocycles. The number of urea groups is 1. The molecule has 2 amide bonds. The predicted molar refractivity (Wildman–Crippen MR) is 121 cm³/mol. The molecule has 2 aliphatic rings. The number of morpholine rings is 1. The number of carbonyl (C=O) groups is 1. The van der Waals surface area contributed by atoms with Gasteiger partial charge in [0.15, 0.2) is 0 Å². The molecule has 2 aliphatic heterocycles. The number of hydrogen-bond donors (Lipinski definition) is 1. The van der Waals surface area contributed by atoms with Crippen molar-refractivity contribution in [1.29, 1.82) is 0 Å². The Labute approximate surface area is 194 Å². The molecule has 1 atom stereocenters. The standard InChI is InChI=1S/C20H30Cl2N4O4S/c1-15(2)13-24-10-11-30-16(14-24)12-23-20(27)25-6-8-26(9-7-25)31(28,29)19-17(21)4-3-5-18(19)22/h3-5,15-16H,6-14H2,1-2H3,(H,23,27)/t16-/m0/s1. The molecule has 2 heterocycles. The smallest absolute Gasteiger partial charge is 0.317 e. The Morgan fingerprint density at radius 2 is 1.81 bits per heavy atom. The lowest BCUT2D eigenvalue weighted by atomic mass is 10.2. The minimum absolute atomic E-state index is 0.0412. The van der Waals surface area contributed by atoms with Crippen LogP contribution >= 0.6 is 23.2 Å². The molecule has 3 rings (SSSR count). The van der Waals surface area contributed by atoms with E-state index >= 15 is 0 Å². The van der Waals surface area contributed by atoms with Crippen molar-refractivity contribution in [2.75, 3.05) is 59.0 Å². The molecule has 11 heteroatoms. The average molecular weight is 493 g/mol. The summed E-state index contributed by atoms with van der Waals surface area (Å²) < 4.78 is 33.0. The third-order valence-electron chi connectivity index (χ3n) is 5.37. The zero-order valence-electron chi connectivity index (χ0n) is 17.9. The maximum Gasteiger partial charge on any atom is 0.317 e. The predicted octanol–water partition coefficient (Wildman–Crippen LogP) is 2.37. The Hall–Kier alpha value is -1.10. The van der Waals surface area contributed by atoms with E-state index < -0.39 is 10.0 Å². The number of halogens is 2. The number of hydrogen-bond acceptors (Lipinski definition) is 5. The number of nitrogens with zero attached hydrogens (tertiary/aromatic N) is 3. The summed E-state index contributed by atoms with van der Waals surface area (Å²) in [6.07, 6.45) is -0.0412. The van der Waals surface area contributed by atoms with Gasteiger partial charge in [-0.15, -0.1) is 0 Å². The summed E-state index contributed by atoms with van der Waals surface area (Å²) in [5.74, 6) is 0.585. The number of piperazine rings is 1. The van der Waals surface area contributed by atoms with Crippen molar-refractivity contribution in [3.8, 4) is 0 Å². The van der Waals surface area contributed by atoms with E-state index in [1.54, 1.807) is 11.0 Å². The van der Waals surface area contributed by atoms with Crippen LogP contribution in [0.15, 0.2) is 23.1 Å². The minimum atomic E-state index is -3.83. The summed E-state index contributed by atoms with van der Waals surface area (Å²) in [7, 11) is -3.83. The van der Waals surface area contributed by atoms with E-state index in [9.17, 15) is 13.2 Å². The highest BCUT2D eigenvalue weighted by atomic mass is 35.5. The van der Waals surface area contributed by atoms with Gasteiger partial charge in [0.1, 0.15) is 4.90 Å². The first-order chi connectivity index (χ1) is 14.7. The fraction of sp³-hybridized carbons (Fsp3) is 0.650. The summed E-state index contributed by atoms with van der Waals surface area (Å²) in [5, 5.41) is 3.10. The lowest BCUT2D eigenvalue weighted by Gasteiger charge is -2.36. The first-order valence-electron chi connectivity index (χ1n) is 10.5. The van der Waals surface area contributed by atoms with Crippen molar-refractivity contribution in [1.82, 2.24) is 19.4 Å². The number of benzene rings is 1. The molecule has 0 spiro atoms. The maximum absolute atomic E-state index is 13.0. The Kier molecular flexibility index (Phi) is 8.45. The van der Waals surface area contributed by atoms with E-state index in [2.05, 4.69) is 24.1 Å². The first-order valence-corrected chi connectivity index (χ1v) is 12.7. The second kappa shape index (κ2) is 10.7. The van der Waals surface area contributed by atoms with E-state index in [0.29, 0.717) is 19.1 Å². The third kappa shape index (κ3) is 6.24. The summed E-state index contributed by atoms with van der Waals surface area (Å²) in [4.78, 5) is 16.5. The van der Waals surface area contributed by atoms with Gasteiger partial charge in [-0.05, 0) is 18.1 Å². The topological polar surface area (TPSA) is 82.2 Å². The lowest BCUT2D eigenvalue weighted by molar-refractivity contribution is -0.0294. The summed E-state index contributed by atoms with van der Waals surface area (Å²) >= 11 is 12.2. The first kappa shape index (κ1) is 24.5. The molecule has 174 valence electrons. The van der Waals surface area contributed by atoms with Crippen LogP contribution < -0.4 is 5.32 Å². The van der Waals surface area contributed by atoms with Crippen molar-refractivity contribution >= 4 is 39.3 Å². The number of amides is 2. The lowest BCUT2D eigenvalue weighted by Crippen LogP contribution is -2.55. The van der Waals surface area contributed by atoms with Gasteiger partial charge in [0.25, 0.3) is 0 Å². The van der Waals surface area contributed by atoms with Gasteiger partial charge in [0, 0.05) is 52.4 Å². The van der Waals surface area contributed by atoms with Crippen molar-refractivity contribution in [2.24, 2.45) is 5.92 Å². The van der Waals surface area contributed by atoms with Crippen molar-refractivity contribution < 1.29 is 17.9 Å². The Bertz CT molecular complexity index is 856. The summed E-state index contributed by atoms with van der Waals surface area (Å²) in [6.45, 7) is 9.12. The van der Waals surface area contributed by atoms with Crippen LogP contribution in [0, 0.1) is 5.92 Å². The summed E-state index contributed by atoms with van der Waals surface area (Å²) in [5.41, 5.74) is 0. The van der Waals surface area contributed by atoms with E-state index in [0.717, 1.165) is 19.6 Å². The van der Waals surface area contributed by atoms with Crippen LogP contribution in [0.4, 0.5) is 4.79 Å². The normalized spacial score (nSPS) is 21.5. The monoisotopic (exact) mass is 492 g/mol. The number of sulfonamides is 1. The number of ether oxygens (including phenoxy) is 1. The largest absolute Gasteiger partial charge is 0.374 e. The average Bonchev–Trinajstić information content (AvgIpc) is 2.71. The second-order valence-electron chi connectivity index (χ2n) is 8.27. The quantitative estimate of drug-likeness (QED) is 0.658. The van der Waals surface area contributed by atoms with Crippen LogP contribution in [0.1, 0.15) is 13.8 Å². The van der Waals surface area contributed by atoms with Gasteiger partial charge >= 0.3 is 6.03 Å². The second-order valence-corrected chi connectivity index (χ2v) is 11.0. The number of carbonyl (C=O) groups excluding carboxylic acids is 1. The molecule has 0 saturated carbocycles. The number of rotatable bonds is 6. The van der Waals surface area contributed by atoms with E-state index in [-0.39, 0.29) is 53.3 Å². The van der Waals surface area contributed by atoms with Crippen LogP contribution in [-0.4, -0.2) is 93.6 Å². The van der Waals surface area contributed by atoms with E-state index in [4.69, 9.17) is 27.9 Å². The Balaban J connectivity index is 1.50. The molecule has 8 nitrogen and oxygen atoms in total. The third-order valence-corrected chi connectivity index (χ3v) is 8.22. The molecule has 2 saturated heterocycles. The highest BCUT2D eigenvalue weighted by molar-refractivity contribution is 7.89. The van der Waals surface area contributed by atoms with E-state index in [1.807, 2.05) is 0 Å². The zero-order valence-corrected chi connectivity index (χ0v) is 20.2. The molecule has 0 radical (unpaired) electrons. The van der Waals surface area contributed by atoms with Gasteiger partial charge in [-0.25, -0.2) is 13.2 Å². The van der Waals surface area contributed by atoms with Crippen LogP contribution in [0.5, 0.6) is 0 Å². The highest BCUT2D eigenvalue weighted by Crippen LogP contribution is 2.31. The van der Waals surface area contributed by atoms with Crippen molar-refractivity contribution in [3.63, 3.8) is 0 Å². The van der Waals surface area contributed by atoms with Crippen LogP contribution in [0.3, 0.4) is 0 Å². The molecule has 0 aromatic heterocycles. The van der Waals surface area contributed by atoms with Crippen LogP contribution in [0.2, 0.25) is 10.0 Å². The molecule has 0 unspecified atom stereocenters. The maximum atomic E-state index is 13.0. The molecule has 1 N–H and O–H groups in total. The molecular weight excluding hydrogens is 463 g/mol. The minimum Gasteiger partial charge on any atom is -0.374 e. The van der Waals surface area contributed by atoms with Gasteiger partial charge in [-0.1, -0.05) is 43.1 Å². The van der Waals surface area contributed by atoms with Crippen molar-refractivity contribution in [3.05, 3.63) is 28.2 Å². The molecule has 0 aliphatic carbocycles. The fourth-order valence-corrected chi connectivity index (χ4v) is 6.40.